The topological polar surface area (TPSA) is 84.7 Å². The Bertz CT molecular complexity index is 844. The number of halogens is 1. The lowest BCUT2D eigenvalue weighted by molar-refractivity contribution is 0.0513. The van der Waals surface area contributed by atoms with E-state index in [1.165, 1.54) is 5.56 Å². The molecule has 0 heterocycles. The summed E-state index contributed by atoms with van der Waals surface area (Å²) in [5.41, 5.74) is 13.2. The van der Waals surface area contributed by atoms with Gasteiger partial charge >= 0.3 is 0 Å². The van der Waals surface area contributed by atoms with Gasteiger partial charge in [-0.15, -0.1) is 12.4 Å². The van der Waals surface area contributed by atoms with Gasteiger partial charge in [-0.1, -0.05) is 55.5 Å². The number of carbonyl (C=O) groups excluding carboxylic acids is 1. The zero-order valence-corrected chi connectivity index (χ0v) is 19.4. The maximum absolute atomic E-state index is 13.5. The molecule has 0 aromatic heterocycles. The van der Waals surface area contributed by atoms with Gasteiger partial charge in [-0.3, -0.25) is 9.79 Å². The van der Waals surface area contributed by atoms with Gasteiger partial charge in [0.1, 0.15) is 0 Å². The summed E-state index contributed by atoms with van der Waals surface area (Å²) in [6.07, 6.45) is 4.76. The molecule has 4 N–H and O–H groups in total. The van der Waals surface area contributed by atoms with Crippen molar-refractivity contribution in [1.29, 1.82) is 0 Å². The molecule has 5 nitrogen and oxygen atoms in total. The molecule has 0 aliphatic heterocycles. The monoisotopic (exact) mass is 442 g/mol. The van der Waals surface area contributed by atoms with E-state index in [0.29, 0.717) is 0 Å². The summed E-state index contributed by atoms with van der Waals surface area (Å²) in [6, 6.07) is 20.3. The van der Waals surface area contributed by atoms with Gasteiger partial charge in [0.2, 0.25) is 0 Å². The van der Waals surface area contributed by atoms with Gasteiger partial charge < -0.3 is 16.4 Å². The normalized spacial score (nSPS) is 21.4. The van der Waals surface area contributed by atoms with Crippen LogP contribution in [0.25, 0.3) is 0 Å². The summed E-state index contributed by atoms with van der Waals surface area (Å²) in [4.78, 5) is 19.9. The van der Waals surface area contributed by atoms with E-state index < -0.39 is 0 Å². The zero-order valence-electron chi connectivity index (χ0n) is 18.5. The average Bonchev–Trinajstić information content (AvgIpc) is 2.74. The van der Waals surface area contributed by atoms with Crippen molar-refractivity contribution in [3.63, 3.8) is 0 Å². The molecule has 1 aliphatic rings. The quantitative estimate of drug-likeness (QED) is 0.492. The van der Waals surface area contributed by atoms with E-state index in [1.54, 1.807) is 0 Å². The second-order valence-corrected chi connectivity index (χ2v) is 8.93. The van der Waals surface area contributed by atoms with Crippen LogP contribution in [0, 0.1) is 5.41 Å². The number of amides is 1. The van der Waals surface area contributed by atoms with E-state index in [1.807, 2.05) is 36.4 Å². The third-order valence-electron chi connectivity index (χ3n) is 6.23. The van der Waals surface area contributed by atoms with Crippen molar-refractivity contribution in [2.45, 2.75) is 58.0 Å². The molecule has 31 heavy (non-hydrogen) atoms. The van der Waals surface area contributed by atoms with Crippen LogP contribution in [0.2, 0.25) is 0 Å². The van der Waals surface area contributed by atoms with Crippen molar-refractivity contribution in [2.24, 2.45) is 21.9 Å². The Labute approximate surface area is 192 Å². The van der Waals surface area contributed by atoms with Crippen molar-refractivity contribution in [1.82, 2.24) is 4.90 Å². The van der Waals surface area contributed by atoms with Crippen LogP contribution in [0.3, 0.4) is 0 Å². The maximum Gasteiger partial charge on any atom is 0.254 e. The van der Waals surface area contributed by atoms with Crippen molar-refractivity contribution < 1.29 is 4.79 Å². The van der Waals surface area contributed by atoms with Gasteiger partial charge in [0.25, 0.3) is 5.91 Å². The third-order valence-corrected chi connectivity index (χ3v) is 6.23. The van der Waals surface area contributed by atoms with Gasteiger partial charge in [-0.05, 0) is 62.1 Å². The molecule has 2 aromatic rings. The number of rotatable bonds is 7. The highest BCUT2D eigenvalue weighted by Gasteiger charge is 2.35. The molecule has 168 valence electrons. The summed E-state index contributed by atoms with van der Waals surface area (Å²) in [5.74, 6) is 0.271. The summed E-state index contributed by atoms with van der Waals surface area (Å²) < 4.78 is 0. The van der Waals surface area contributed by atoms with Crippen LogP contribution in [-0.2, 0) is 6.42 Å². The van der Waals surface area contributed by atoms with Gasteiger partial charge in [0.05, 0.1) is 6.04 Å². The Morgan fingerprint density at radius 2 is 1.61 bits per heavy atom. The first-order valence-electron chi connectivity index (χ1n) is 10.8. The molecule has 1 fully saturated rings. The molecule has 0 radical (unpaired) electrons. The number of hydrogen-bond acceptors (Lipinski definition) is 2. The summed E-state index contributed by atoms with van der Waals surface area (Å²) in [5, 5.41) is 0. The summed E-state index contributed by atoms with van der Waals surface area (Å²) >= 11 is 0. The van der Waals surface area contributed by atoms with Crippen LogP contribution in [0.5, 0.6) is 0 Å². The SMILES string of the molecule is CC(Cc1ccccc1)N(CC1(C)CCC(N=C(N)N)CC1)C(=O)c1ccccc1.Cl. The van der Waals surface area contributed by atoms with E-state index in [9.17, 15) is 4.79 Å². The van der Waals surface area contributed by atoms with Crippen molar-refractivity contribution in [2.75, 3.05) is 6.54 Å². The molecule has 2 aromatic carbocycles. The Morgan fingerprint density at radius 3 is 2.16 bits per heavy atom. The number of carbonyl (C=O) groups is 1. The number of aliphatic imine (C=N–C) groups is 1. The average molecular weight is 443 g/mol. The maximum atomic E-state index is 13.5. The largest absolute Gasteiger partial charge is 0.370 e. The van der Waals surface area contributed by atoms with Gasteiger partial charge in [0.15, 0.2) is 5.96 Å². The van der Waals surface area contributed by atoms with E-state index in [4.69, 9.17) is 11.5 Å². The minimum atomic E-state index is 0. The number of guanidine groups is 1. The predicted molar refractivity (Wildman–Crippen MR) is 131 cm³/mol. The summed E-state index contributed by atoms with van der Waals surface area (Å²) in [7, 11) is 0. The van der Waals surface area contributed by atoms with Crippen LogP contribution in [0.4, 0.5) is 0 Å². The van der Waals surface area contributed by atoms with Crippen LogP contribution < -0.4 is 11.5 Å². The fraction of sp³-hybridized carbons (Fsp3) is 0.440. The Kier molecular flexibility index (Phi) is 8.93. The Balaban J connectivity index is 0.00000341. The number of nitrogens with zero attached hydrogens (tertiary/aromatic N) is 2. The molecule has 0 saturated heterocycles. The smallest absolute Gasteiger partial charge is 0.254 e. The molecular weight excluding hydrogens is 408 g/mol. The minimum absolute atomic E-state index is 0. The highest BCUT2D eigenvalue weighted by atomic mass is 35.5. The lowest BCUT2D eigenvalue weighted by Crippen LogP contribution is -2.47. The lowest BCUT2D eigenvalue weighted by atomic mass is 9.73. The molecule has 1 aliphatic carbocycles. The highest BCUT2D eigenvalue weighted by molar-refractivity contribution is 5.94. The first-order chi connectivity index (χ1) is 14.4. The van der Waals surface area contributed by atoms with Crippen LogP contribution in [0.1, 0.15) is 55.5 Å². The van der Waals surface area contributed by atoms with Crippen molar-refractivity contribution in [3.8, 4) is 0 Å². The molecule has 6 heteroatoms. The number of hydrogen-bond donors (Lipinski definition) is 2. The van der Waals surface area contributed by atoms with Crippen LogP contribution in [-0.4, -0.2) is 35.4 Å². The van der Waals surface area contributed by atoms with E-state index >= 15 is 0 Å². The van der Waals surface area contributed by atoms with Crippen LogP contribution in [0.15, 0.2) is 65.7 Å². The minimum Gasteiger partial charge on any atom is -0.370 e. The van der Waals surface area contributed by atoms with E-state index in [2.05, 4.69) is 48.0 Å². The van der Waals surface area contributed by atoms with Crippen LogP contribution >= 0.6 is 12.4 Å². The molecule has 1 unspecified atom stereocenters. The molecule has 1 saturated carbocycles. The van der Waals surface area contributed by atoms with Gasteiger partial charge in [-0.25, -0.2) is 0 Å². The number of benzene rings is 2. The first kappa shape index (κ1) is 24.7. The first-order valence-corrected chi connectivity index (χ1v) is 10.8. The predicted octanol–water partition coefficient (Wildman–Crippen LogP) is 4.40. The fourth-order valence-corrected chi connectivity index (χ4v) is 4.45. The molecule has 1 atom stereocenters. The Hall–Kier alpha value is -2.53. The Morgan fingerprint density at radius 1 is 1.06 bits per heavy atom. The lowest BCUT2D eigenvalue weighted by Gasteiger charge is -2.42. The standard InChI is InChI=1S/C25H34N4O.ClH/c1-19(17-20-9-5-3-6-10-20)29(23(30)21-11-7-4-8-12-21)18-25(2)15-13-22(14-16-25)28-24(26)27;/h3-12,19,22H,13-18H2,1-2H3,(H4,26,27,28);1H. The van der Waals surface area contributed by atoms with Crippen molar-refractivity contribution in [3.05, 3.63) is 71.8 Å². The van der Waals surface area contributed by atoms with Crippen molar-refractivity contribution >= 4 is 24.3 Å². The molecular formula is C25H35ClN4O. The number of nitrogens with two attached hydrogens (primary N) is 2. The highest BCUT2D eigenvalue weighted by Crippen LogP contribution is 2.38. The fourth-order valence-electron chi connectivity index (χ4n) is 4.45. The molecule has 3 rings (SSSR count). The van der Waals surface area contributed by atoms with Gasteiger partial charge in [-0.2, -0.15) is 0 Å². The second kappa shape index (κ2) is 11.2. The van der Waals surface area contributed by atoms with Gasteiger partial charge in [0, 0.05) is 18.2 Å². The molecule has 1 amide bonds. The molecule has 0 bridgehead atoms. The second-order valence-electron chi connectivity index (χ2n) is 8.93. The third kappa shape index (κ3) is 7.00. The summed E-state index contributed by atoms with van der Waals surface area (Å²) in [6.45, 7) is 5.19. The van der Waals surface area contributed by atoms with E-state index in [0.717, 1.165) is 44.2 Å². The zero-order chi connectivity index (χ0) is 21.6. The van der Waals surface area contributed by atoms with E-state index in [-0.39, 0.29) is 41.8 Å². The molecule has 0 spiro atoms.